The number of hydrogen-bond acceptors (Lipinski definition) is 6. The second-order valence-electron chi connectivity index (χ2n) is 7.29. The van der Waals surface area contributed by atoms with E-state index >= 15 is 0 Å². The van der Waals surface area contributed by atoms with Crippen LogP contribution in [0.4, 0.5) is 27.9 Å². The van der Waals surface area contributed by atoms with Crippen molar-refractivity contribution in [3.8, 4) is 0 Å². The number of aromatic nitrogens is 4. The molecule has 4 rings (SSSR count). The number of nitrogens with zero attached hydrogens (tertiary/aromatic N) is 4. The number of aromatic amines is 1. The average molecular weight is 406 g/mol. The molecule has 9 nitrogen and oxygen atoms in total. The minimum absolute atomic E-state index is 0.0559. The maximum atomic E-state index is 12.3. The van der Waals surface area contributed by atoms with Crippen LogP contribution in [0.1, 0.15) is 24.1 Å². The number of H-pyrrole nitrogens is 1. The Bertz CT molecular complexity index is 982. The molecule has 0 atom stereocenters. The van der Waals surface area contributed by atoms with Crippen LogP contribution in [-0.4, -0.2) is 50.5 Å². The van der Waals surface area contributed by atoms with Gasteiger partial charge in [-0.25, -0.2) is 14.8 Å². The van der Waals surface area contributed by atoms with Crippen molar-refractivity contribution in [3.05, 3.63) is 54.2 Å². The van der Waals surface area contributed by atoms with Crippen LogP contribution in [0.2, 0.25) is 0 Å². The zero-order chi connectivity index (χ0) is 20.8. The molecule has 1 aliphatic rings. The van der Waals surface area contributed by atoms with Gasteiger partial charge in [0.15, 0.2) is 0 Å². The lowest BCUT2D eigenvalue weighted by Crippen LogP contribution is -2.32. The molecule has 0 bridgehead atoms. The molecule has 0 spiro atoms. The Morgan fingerprint density at radius 1 is 1.20 bits per heavy atom. The maximum Gasteiger partial charge on any atom is 0.321 e. The van der Waals surface area contributed by atoms with Crippen LogP contribution < -0.4 is 16.0 Å². The Labute approximate surface area is 175 Å². The van der Waals surface area contributed by atoms with Gasteiger partial charge in [-0.1, -0.05) is 6.07 Å². The van der Waals surface area contributed by atoms with Crippen molar-refractivity contribution in [2.45, 2.75) is 26.2 Å². The van der Waals surface area contributed by atoms with Crippen molar-refractivity contribution in [1.82, 2.24) is 24.8 Å². The van der Waals surface area contributed by atoms with Crippen LogP contribution in [-0.2, 0) is 6.42 Å². The number of rotatable bonds is 7. The molecule has 2 amide bonds. The Morgan fingerprint density at radius 3 is 2.83 bits per heavy atom. The summed E-state index contributed by atoms with van der Waals surface area (Å²) < 4.78 is 0. The van der Waals surface area contributed by atoms with Gasteiger partial charge in [0.1, 0.15) is 5.82 Å². The molecule has 3 aromatic rings. The van der Waals surface area contributed by atoms with E-state index < -0.39 is 0 Å². The Kier molecular flexibility index (Phi) is 6.07. The third-order valence-corrected chi connectivity index (χ3v) is 4.96. The fourth-order valence-corrected chi connectivity index (χ4v) is 3.34. The molecular weight excluding hydrogens is 380 g/mol. The minimum atomic E-state index is -0.0559. The summed E-state index contributed by atoms with van der Waals surface area (Å²) in [5.41, 5.74) is 3.51. The lowest BCUT2D eigenvalue weighted by molar-refractivity contribution is 0.222. The number of anilines is 4. The molecule has 30 heavy (non-hydrogen) atoms. The molecule has 3 heterocycles. The predicted molar refractivity (Wildman–Crippen MR) is 117 cm³/mol. The normalized spacial score (nSPS) is 13.3. The number of carbonyl (C=O) groups excluding carboxylic acids is 1. The molecule has 0 radical (unpaired) electrons. The minimum Gasteiger partial charge on any atom is -0.369 e. The number of hydrogen-bond donors (Lipinski definition) is 4. The van der Waals surface area contributed by atoms with Gasteiger partial charge in [0, 0.05) is 55.4 Å². The third kappa shape index (κ3) is 5.05. The molecule has 2 aromatic heterocycles. The number of benzene rings is 1. The largest absolute Gasteiger partial charge is 0.369 e. The van der Waals surface area contributed by atoms with Gasteiger partial charge in [-0.3, -0.25) is 0 Å². The van der Waals surface area contributed by atoms with Gasteiger partial charge >= 0.3 is 6.03 Å². The third-order valence-electron chi connectivity index (χ3n) is 4.96. The van der Waals surface area contributed by atoms with E-state index in [1.807, 2.05) is 42.3 Å². The van der Waals surface area contributed by atoms with Crippen LogP contribution in [0.3, 0.4) is 0 Å². The first-order valence-corrected chi connectivity index (χ1v) is 10.2. The Morgan fingerprint density at radius 2 is 2.03 bits per heavy atom. The summed E-state index contributed by atoms with van der Waals surface area (Å²) >= 11 is 0. The molecule has 9 heteroatoms. The number of urea groups is 1. The predicted octanol–water partition coefficient (Wildman–Crippen LogP) is 3.53. The molecule has 0 saturated carbocycles. The second-order valence-corrected chi connectivity index (χ2v) is 7.29. The van der Waals surface area contributed by atoms with E-state index in [1.54, 1.807) is 12.5 Å². The number of likely N-dealkylation sites (tertiary alicyclic amines) is 1. The zero-order valence-corrected chi connectivity index (χ0v) is 17.0. The fourth-order valence-electron chi connectivity index (χ4n) is 3.34. The first-order valence-electron chi connectivity index (χ1n) is 10.2. The molecule has 156 valence electrons. The van der Waals surface area contributed by atoms with Gasteiger partial charge in [-0.05, 0) is 38.0 Å². The number of imidazole rings is 1. The molecule has 4 N–H and O–H groups in total. The molecule has 0 aliphatic carbocycles. The van der Waals surface area contributed by atoms with E-state index in [4.69, 9.17) is 0 Å². The highest BCUT2D eigenvalue weighted by molar-refractivity contribution is 5.90. The highest BCUT2D eigenvalue weighted by Crippen LogP contribution is 2.21. The Balaban J connectivity index is 1.38. The van der Waals surface area contributed by atoms with Crippen molar-refractivity contribution in [1.29, 1.82) is 0 Å². The summed E-state index contributed by atoms with van der Waals surface area (Å²) in [6, 6.07) is 7.50. The quantitative estimate of drug-likeness (QED) is 0.478. The molecule has 1 fully saturated rings. The summed E-state index contributed by atoms with van der Waals surface area (Å²) in [4.78, 5) is 30.3. The van der Waals surface area contributed by atoms with Gasteiger partial charge in [0.05, 0.1) is 12.0 Å². The number of carbonyl (C=O) groups is 1. The Hall–Kier alpha value is -3.62. The monoisotopic (exact) mass is 406 g/mol. The fraction of sp³-hybridized carbons (Fsp3) is 0.333. The van der Waals surface area contributed by atoms with E-state index in [0.29, 0.717) is 5.95 Å². The first-order chi connectivity index (χ1) is 14.7. The second kappa shape index (κ2) is 9.25. The van der Waals surface area contributed by atoms with Gasteiger partial charge < -0.3 is 25.8 Å². The summed E-state index contributed by atoms with van der Waals surface area (Å²) in [5.74, 6) is 1.27. The number of nitrogens with one attached hydrogen (secondary N) is 4. The van der Waals surface area contributed by atoms with Gasteiger partial charge in [0.2, 0.25) is 5.95 Å². The van der Waals surface area contributed by atoms with E-state index in [-0.39, 0.29) is 6.03 Å². The number of aryl methyl sites for hydroxylation is 1. The van der Waals surface area contributed by atoms with E-state index in [1.165, 1.54) is 0 Å². The topological polar surface area (TPSA) is 111 Å². The standard InChI is InChI=1S/C21H26N8O/c1-15-12-24-20(28-19(15)23-8-7-18-13-22-14-25-18)26-16-5-4-6-17(11-16)27-21(30)29-9-2-3-10-29/h4-6,11-14H,2-3,7-10H2,1H3,(H,22,25)(H,27,30)(H2,23,24,26,28). The zero-order valence-electron chi connectivity index (χ0n) is 17.0. The molecule has 1 saturated heterocycles. The first kappa shape index (κ1) is 19.7. The van der Waals surface area contributed by atoms with Crippen molar-refractivity contribution in [2.24, 2.45) is 0 Å². The van der Waals surface area contributed by atoms with Gasteiger partial charge in [-0.15, -0.1) is 0 Å². The van der Waals surface area contributed by atoms with Crippen LogP contribution in [0.25, 0.3) is 0 Å². The lowest BCUT2D eigenvalue weighted by atomic mass is 10.2. The van der Waals surface area contributed by atoms with Crippen molar-refractivity contribution in [2.75, 3.05) is 35.6 Å². The van der Waals surface area contributed by atoms with E-state index in [2.05, 4.69) is 35.9 Å². The molecule has 1 aliphatic heterocycles. The van der Waals surface area contributed by atoms with Crippen LogP contribution >= 0.6 is 0 Å². The van der Waals surface area contributed by atoms with Gasteiger partial charge in [-0.2, -0.15) is 4.98 Å². The van der Waals surface area contributed by atoms with E-state index in [0.717, 1.165) is 67.3 Å². The van der Waals surface area contributed by atoms with Crippen molar-refractivity contribution >= 4 is 29.2 Å². The summed E-state index contributed by atoms with van der Waals surface area (Å²) in [7, 11) is 0. The summed E-state index contributed by atoms with van der Waals surface area (Å²) in [5, 5.41) is 9.51. The summed E-state index contributed by atoms with van der Waals surface area (Å²) in [6.07, 6.45) is 8.28. The van der Waals surface area contributed by atoms with Crippen LogP contribution in [0.15, 0.2) is 43.0 Å². The van der Waals surface area contributed by atoms with Crippen LogP contribution in [0, 0.1) is 6.92 Å². The average Bonchev–Trinajstić information content (AvgIpc) is 3.45. The smallest absolute Gasteiger partial charge is 0.321 e. The van der Waals surface area contributed by atoms with Crippen LogP contribution in [0.5, 0.6) is 0 Å². The van der Waals surface area contributed by atoms with E-state index in [9.17, 15) is 4.79 Å². The SMILES string of the molecule is Cc1cnc(Nc2cccc(NC(=O)N3CCCC3)c2)nc1NCCc1c[nH]cn1. The maximum absolute atomic E-state index is 12.3. The van der Waals surface area contributed by atoms with Crippen molar-refractivity contribution in [3.63, 3.8) is 0 Å². The molecule has 0 unspecified atom stereocenters. The lowest BCUT2D eigenvalue weighted by Gasteiger charge is -2.16. The number of amides is 2. The highest BCUT2D eigenvalue weighted by Gasteiger charge is 2.17. The summed E-state index contributed by atoms with van der Waals surface area (Å²) in [6.45, 7) is 4.32. The highest BCUT2D eigenvalue weighted by atomic mass is 16.2. The van der Waals surface area contributed by atoms with Crippen molar-refractivity contribution < 1.29 is 4.79 Å². The molecule has 1 aromatic carbocycles. The molecular formula is C21H26N8O. The van der Waals surface area contributed by atoms with Gasteiger partial charge in [0.25, 0.3) is 0 Å².